The highest BCUT2D eigenvalue weighted by Gasteiger charge is 2.50. The molecule has 0 fully saturated rings. The van der Waals surface area contributed by atoms with Crippen molar-refractivity contribution >= 4 is 18.2 Å². The third-order valence-electron chi connectivity index (χ3n) is 3.25. The minimum Gasteiger partial charge on any atom is -0.465 e. The molecule has 0 aliphatic carbocycles. The van der Waals surface area contributed by atoms with Gasteiger partial charge in [0.15, 0.2) is 5.41 Å². The van der Waals surface area contributed by atoms with Gasteiger partial charge >= 0.3 is 11.9 Å². The SMILES string of the molecule is C=CCC(C(=O)OCC)(C(=O)OCC)c1ccccc1C=O. The quantitative estimate of drug-likeness (QED) is 0.319. The van der Waals surface area contributed by atoms with Crippen LogP contribution in [0, 0.1) is 0 Å². The maximum Gasteiger partial charge on any atom is 0.328 e. The van der Waals surface area contributed by atoms with E-state index in [-0.39, 0.29) is 30.8 Å². The van der Waals surface area contributed by atoms with Crippen LogP contribution in [0.1, 0.15) is 36.2 Å². The molecule has 0 spiro atoms. The molecule has 0 saturated heterocycles. The zero-order chi connectivity index (χ0) is 16.6. The molecular weight excluding hydrogens is 284 g/mol. The van der Waals surface area contributed by atoms with Crippen molar-refractivity contribution in [3.05, 3.63) is 48.0 Å². The number of aldehydes is 1. The predicted molar refractivity (Wildman–Crippen MR) is 81.6 cm³/mol. The summed E-state index contributed by atoms with van der Waals surface area (Å²) in [4.78, 5) is 36.4. The van der Waals surface area contributed by atoms with Crippen molar-refractivity contribution in [1.82, 2.24) is 0 Å². The molecule has 1 aromatic rings. The number of allylic oxidation sites excluding steroid dienone is 1. The van der Waals surface area contributed by atoms with Crippen LogP contribution in [0.4, 0.5) is 0 Å². The molecular formula is C17H20O5. The van der Waals surface area contributed by atoms with Crippen LogP contribution in [-0.2, 0) is 24.5 Å². The van der Waals surface area contributed by atoms with Crippen LogP contribution in [0.2, 0.25) is 0 Å². The second-order valence-corrected chi connectivity index (χ2v) is 4.54. The van der Waals surface area contributed by atoms with Gasteiger partial charge in [0, 0.05) is 5.56 Å². The Morgan fingerprint density at radius 3 is 2.14 bits per heavy atom. The van der Waals surface area contributed by atoms with Crippen molar-refractivity contribution < 1.29 is 23.9 Å². The van der Waals surface area contributed by atoms with E-state index in [1.165, 1.54) is 6.08 Å². The average Bonchev–Trinajstić information content (AvgIpc) is 2.53. The third-order valence-corrected chi connectivity index (χ3v) is 3.25. The topological polar surface area (TPSA) is 69.7 Å². The summed E-state index contributed by atoms with van der Waals surface area (Å²) in [5, 5.41) is 0. The first-order valence-electron chi connectivity index (χ1n) is 7.08. The molecule has 0 aliphatic heterocycles. The summed E-state index contributed by atoms with van der Waals surface area (Å²) in [5.41, 5.74) is -1.21. The lowest BCUT2D eigenvalue weighted by Crippen LogP contribution is -2.46. The molecule has 0 bridgehead atoms. The molecule has 5 nitrogen and oxygen atoms in total. The number of carbonyl (C=O) groups is 3. The van der Waals surface area contributed by atoms with Crippen molar-refractivity contribution in [3.8, 4) is 0 Å². The van der Waals surface area contributed by atoms with Crippen LogP contribution in [0.3, 0.4) is 0 Å². The van der Waals surface area contributed by atoms with Crippen molar-refractivity contribution in [2.75, 3.05) is 13.2 Å². The third kappa shape index (κ3) is 3.24. The predicted octanol–water partition coefficient (Wildman–Crippen LogP) is 2.44. The summed E-state index contributed by atoms with van der Waals surface area (Å²) in [6, 6.07) is 6.40. The number of hydrogen-bond donors (Lipinski definition) is 0. The highest BCUT2D eigenvalue weighted by atomic mass is 16.6. The Balaban J connectivity index is 3.60. The van der Waals surface area contributed by atoms with Crippen LogP contribution >= 0.6 is 0 Å². The van der Waals surface area contributed by atoms with Gasteiger partial charge in [0.05, 0.1) is 13.2 Å². The first-order chi connectivity index (χ1) is 10.6. The summed E-state index contributed by atoms with van der Waals surface area (Å²) in [6.07, 6.45) is 2.02. The summed E-state index contributed by atoms with van der Waals surface area (Å²) in [7, 11) is 0. The molecule has 5 heteroatoms. The van der Waals surface area contributed by atoms with Gasteiger partial charge in [-0.15, -0.1) is 6.58 Å². The molecule has 0 N–H and O–H groups in total. The van der Waals surface area contributed by atoms with E-state index >= 15 is 0 Å². The molecule has 0 radical (unpaired) electrons. The number of rotatable bonds is 8. The smallest absolute Gasteiger partial charge is 0.328 e. The Bertz CT molecular complexity index is 544. The first-order valence-corrected chi connectivity index (χ1v) is 7.08. The van der Waals surface area contributed by atoms with Crippen LogP contribution in [0.5, 0.6) is 0 Å². The maximum absolute atomic E-state index is 12.6. The summed E-state index contributed by atoms with van der Waals surface area (Å²) < 4.78 is 10.2. The molecule has 1 aromatic carbocycles. The van der Waals surface area contributed by atoms with Gasteiger partial charge in [-0.1, -0.05) is 30.3 Å². The van der Waals surface area contributed by atoms with Crippen LogP contribution in [0.25, 0.3) is 0 Å². The highest BCUT2D eigenvalue weighted by molar-refractivity contribution is 6.08. The lowest BCUT2D eigenvalue weighted by Gasteiger charge is -2.29. The molecule has 1 rings (SSSR count). The molecule has 0 unspecified atom stereocenters. The summed E-state index contributed by atoms with van der Waals surface area (Å²) >= 11 is 0. The number of ether oxygens (including phenoxy) is 2. The standard InChI is InChI=1S/C17H20O5/c1-4-11-17(15(19)21-5-2,16(20)22-6-3)14-10-8-7-9-13(14)12-18/h4,7-10,12H,1,5-6,11H2,2-3H3. The van der Waals surface area contributed by atoms with Gasteiger partial charge < -0.3 is 9.47 Å². The molecule has 0 saturated carbocycles. The fraction of sp³-hybridized carbons (Fsp3) is 0.353. The van der Waals surface area contributed by atoms with Gasteiger partial charge in [-0.05, 0) is 25.8 Å². The van der Waals surface area contributed by atoms with Gasteiger partial charge in [-0.25, -0.2) is 0 Å². The lowest BCUT2D eigenvalue weighted by atomic mass is 9.75. The zero-order valence-electron chi connectivity index (χ0n) is 12.8. The molecule has 0 heterocycles. The zero-order valence-corrected chi connectivity index (χ0v) is 12.8. The number of benzene rings is 1. The molecule has 0 aromatic heterocycles. The van der Waals surface area contributed by atoms with Gasteiger partial charge in [-0.3, -0.25) is 14.4 Å². The van der Waals surface area contributed by atoms with Crippen molar-refractivity contribution in [3.63, 3.8) is 0 Å². The molecule has 0 atom stereocenters. The second kappa shape index (κ2) is 8.12. The normalized spacial score (nSPS) is 10.6. The van der Waals surface area contributed by atoms with Gasteiger partial charge in [0.2, 0.25) is 0 Å². The Kier molecular flexibility index (Phi) is 6.50. The van der Waals surface area contributed by atoms with E-state index in [2.05, 4.69) is 6.58 Å². The average molecular weight is 304 g/mol. The fourth-order valence-electron chi connectivity index (χ4n) is 2.29. The summed E-state index contributed by atoms with van der Waals surface area (Å²) in [6.45, 7) is 7.12. The maximum atomic E-state index is 12.6. The molecule has 118 valence electrons. The molecule has 0 aliphatic rings. The van der Waals surface area contributed by atoms with Crippen molar-refractivity contribution in [1.29, 1.82) is 0 Å². The Labute approximate surface area is 129 Å². The van der Waals surface area contributed by atoms with Crippen molar-refractivity contribution in [2.45, 2.75) is 25.7 Å². The van der Waals surface area contributed by atoms with Crippen LogP contribution in [0.15, 0.2) is 36.9 Å². The fourth-order valence-corrected chi connectivity index (χ4v) is 2.29. The van der Waals surface area contributed by atoms with Gasteiger partial charge in [0.25, 0.3) is 0 Å². The number of esters is 2. The van der Waals surface area contributed by atoms with Crippen molar-refractivity contribution in [2.24, 2.45) is 0 Å². The lowest BCUT2D eigenvalue weighted by molar-refractivity contribution is -0.164. The molecule has 22 heavy (non-hydrogen) atoms. The number of hydrogen-bond acceptors (Lipinski definition) is 5. The van der Waals surface area contributed by atoms with Crippen LogP contribution < -0.4 is 0 Å². The highest BCUT2D eigenvalue weighted by Crippen LogP contribution is 2.34. The largest absolute Gasteiger partial charge is 0.465 e. The Morgan fingerprint density at radius 2 is 1.68 bits per heavy atom. The van der Waals surface area contributed by atoms with E-state index in [4.69, 9.17) is 9.47 Å². The Morgan fingerprint density at radius 1 is 1.14 bits per heavy atom. The second-order valence-electron chi connectivity index (χ2n) is 4.54. The minimum atomic E-state index is -1.72. The van der Waals surface area contributed by atoms with E-state index in [1.807, 2.05) is 0 Å². The molecule has 0 amide bonds. The van der Waals surface area contributed by atoms with E-state index in [0.29, 0.717) is 6.29 Å². The van der Waals surface area contributed by atoms with E-state index in [1.54, 1.807) is 38.1 Å². The van der Waals surface area contributed by atoms with E-state index in [0.717, 1.165) is 0 Å². The Hall–Kier alpha value is -2.43. The van der Waals surface area contributed by atoms with Gasteiger partial charge in [-0.2, -0.15) is 0 Å². The summed E-state index contributed by atoms with van der Waals surface area (Å²) in [5.74, 6) is -1.50. The number of carbonyl (C=O) groups excluding carboxylic acids is 3. The van der Waals surface area contributed by atoms with Gasteiger partial charge in [0.1, 0.15) is 6.29 Å². The van der Waals surface area contributed by atoms with E-state index in [9.17, 15) is 14.4 Å². The first kappa shape index (κ1) is 17.6. The van der Waals surface area contributed by atoms with E-state index < -0.39 is 17.4 Å². The van der Waals surface area contributed by atoms with Crippen LogP contribution in [-0.4, -0.2) is 31.4 Å². The minimum absolute atomic E-state index is 0.0183. The monoisotopic (exact) mass is 304 g/mol.